The number of amides is 2. The molecule has 0 bridgehead atoms. The highest BCUT2D eigenvalue weighted by atomic mass is 16.5. The first kappa shape index (κ1) is 26.0. The molecule has 3 aromatic rings. The summed E-state index contributed by atoms with van der Waals surface area (Å²) in [5.74, 6) is 0.413. The Morgan fingerprint density at radius 1 is 0.886 bits per heavy atom. The van der Waals surface area contributed by atoms with E-state index in [1.165, 1.54) is 0 Å². The van der Waals surface area contributed by atoms with Crippen molar-refractivity contribution in [2.24, 2.45) is 0 Å². The van der Waals surface area contributed by atoms with Gasteiger partial charge in [0.15, 0.2) is 0 Å². The molecule has 0 aliphatic heterocycles. The molecule has 1 unspecified atom stereocenters. The molecule has 0 fully saturated rings. The maximum Gasteiger partial charge on any atom is 0.247 e. The maximum atomic E-state index is 13.7. The Kier molecular flexibility index (Phi) is 10.3. The van der Waals surface area contributed by atoms with Gasteiger partial charge in [0.2, 0.25) is 11.8 Å². The summed E-state index contributed by atoms with van der Waals surface area (Å²) >= 11 is 0. The lowest BCUT2D eigenvalue weighted by Crippen LogP contribution is -2.44. The fraction of sp³-hybridized carbons (Fsp3) is 0.310. The van der Waals surface area contributed by atoms with Crippen molar-refractivity contribution in [2.75, 3.05) is 26.9 Å². The third-order valence-corrected chi connectivity index (χ3v) is 5.67. The number of benzene rings is 3. The molecule has 1 N–H and O–H groups in total. The number of nitrogens with zero attached hydrogens (tertiary/aromatic N) is 1. The Hall–Kier alpha value is -3.64. The van der Waals surface area contributed by atoms with Crippen LogP contribution in [0, 0.1) is 0 Å². The molecule has 184 valence electrons. The lowest BCUT2D eigenvalue weighted by Gasteiger charge is -2.32. The molecule has 0 aromatic heterocycles. The van der Waals surface area contributed by atoms with Crippen molar-refractivity contribution in [1.29, 1.82) is 0 Å². The highest BCUT2D eigenvalue weighted by Crippen LogP contribution is 2.25. The van der Waals surface area contributed by atoms with E-state index in [9.17, 15) is 9.59 Å². The average Bonchev–Trinajstić information content (AvgIpc) is 2.90. The van der Waals surface area contributed by atoms with E-state index in [4.69, 9.17) is 9.47 Å². The monoisotopic (exact) mass is 474 g/mol. The highest BCUT2D eigenvalue weighted by molar-refractivity contribution is 5.89. The van der Waals surface area contributed by atoms with Crippen molar-refractivity contribution >= 4 is 11.8 Å². The van der Waals surface area contributed by atoms with Gasteiger partial charge in [0.25, 0.3) is 0 Å². The first-order valence-electron chi connectivity index (χ1n) is 12.0. The van der Waals surface area contributed by atoms with Crippen molar-refractivity contribution < 1.29 is 19.1 Å². The number of hydrogen-bond acceptors (Lipinski definition) is 4. The zero-order chi connectivity index (χ0) is 24.9. The zero-order valence-electron chi connectivity index (χ0n) is 20.5. The van der Waals surface area contributed by atoms with Gasteiger partial charge in [-0.25, -0.2) is 0 Å². The van der Waals surface area contributed by atoms with E-state index in [-0.39, 0.29) is 18.2 Å². The predicted molar refractivity (Wildman–Crippen MR) is 137 cm³/mol. The van der Waals surface area contributed by atoms with Crippen LogP contribution in [-0.4, -0.2) is 43.6 Å². The number of ether oxygens (including phenoxy) is 2. The molecule has 35 heavy (non-hydrogen) atoms. The quantitative estimate of drug-likeness (QED) is 0.369. The molecule has 0 spiro atoms. The van der Waals surface area contributed by atoms with Crippen molar-refractivity contribution in [3.8, 4) is 5.75 Å². The Bertz CT molecular complexity index is 1040. The van der Waals surface area contributed by atoms with Crippen LogP contribution in [0.25, 0.3) is 0 Å². The molecule has 3 aromatic carbocycles. The van der Waals surface area contributed by atoms with E-state index in [0.29, 0.717) is 32.7 Å². The summed E-state index contributed by atoms with van der Waals surface area (Å²) < 4.78 is 10.7. The van der Waals surface area contributed by atoms with E-state index in [1.54, 1.807) is 12.0 Å². The van der Waals surface area contributed by atoms with Crippen molar-refractivity contribution in [1.82, 2.24) is 10.2 Å². The molecular formula is C29H34N2O4. The number of methoxy groups -OCH3 is 1. The van der Waals surface area contributed by atoms with Gasteiger partial charge in [-0.1, -0.05) is 72.8 Å². The van der Waals surface area contributed by atoms with Crippen molar-refractivity contribution in [3.05, 3.63) is 102 Å². The normalized spacial score (nSPS) is 11.5. The first-order chi connectivity index (χ1) is 17.1. The van der Waals surface area contributed by atoms with Crippen LogP contribution in [0.15, 0.2) is 84.9 Å². The summed E-state index contributed by atoms with van der Waals surface area (Å²) in [6, 6.07) is 25.9. The Morgan fingerprint density at radius 2 is 1.54 bits per heavy atom. The van der Waals surface area contributed by atoms with E-state index in [2.05, 4.69) is 5.32 Å². The molecule has 0 heterocycles. The summed E-state index contributed by atoms with van der Waals surface area (Å²) in [5.41, 5.74) is 2.59. The van der Waals surface area contributed by atoms with Crippen LogP contribution in [0.4, 0.5) is 0 Å². The second-order valence-corrected chi connectivity index (χ2v) is 8.19. The summed E-state index contributed by atoms with van der Waals surface area (Å²) in [6.45, 7) is 3.94. The van der Waals surface area contributed by atoms with E-state index < -0.39 is 6.04 Å². The molecule has 0 aliphatic rings. The summed E-state index contributed by atoms with van der Waals surface area (Å²) in [7, 11) is 1.62. The average molecular weight is 475 g/mol. The lowest BCUT2D eigenvalue weighted by molar-refractivity contribution is -0.141. The van der Waals surface area contributed by atoms with Gasteiger partial charge in [-0.05, 0) is 42.2 Å². The van der Waals surface area contributed by atoms with Gasteiger partial charge in [-0.3, -0.25) is 9.59 Å². The largest absolute Gasteiger partial charge is 0.497 e. The van der Waals surface area contributed by atoms with Gasteiger partial charge in [-0.15, -0.1) is 0 Å². The third-order valence-electron chi connectivity index (χ3n) is 5.67. The van der Waals surface area contributed by atoms with E-state index >= 15 is 0 Å². The number of carbonyl (C=O) groups excluding carboxylic acids is 2. The minimum Gasteiger partial charge on any atom is -0.497 e. The zero-order valence-corrected chi connectivity index (χ0v) is 20.5. The second kappa shape index (κ2) is 13.9. The summed E-state index contributed by atoms with van der Waals surface area (Å²) in [4.78, 5) is 28.8. The van der Waals surface area contributed by atoms with Gasteiger partial charge in [0.05, 0.1) is 13.5 Å². The molecule has 0 saturated carbocycles. The van der Waals surface area contributed by atoms with Gasteiger partial charge < -0.3 is 19.7 Å². The number of rotatable bonds is 13. The fourth-order valence-corrected chi connectivity index (χ4v) is 3.86. The van der Waals surface area contributed by atoms with Gasteiger partial charge >= 0.3 is 0 Å². The molecule has 1 atom stereocenters. The molecular weight excluding hydrogens is 440 g/mol. The molecule has 3 rings (SSSR count). The molecule has 0 aliphatic carbocycles. The van der Waals surface area contributed by atoms with Gasteiger partial charge in [0, 0.05) is 26.3 Å². The first-order valence-corrected chi connectivity index (χ1v) is 12.0. The van der Waals surface area contributed by atoms with Crippen LogP contribution in [-0.2, 0) is 27.3 Å². The highest BCUT2D eigenvalue weighted by Gasteiger charge is 2.31. The molecule has 2 amide bonds. The molecule has 0 radical (unpaired) electrons. The van der Waals surface area contributed by atoms with E-state index in [0.717, 1.165) is 22.4 Å². The van der Waals surface area contributed by atoms with Crippen molar-refractivity contribution in [3.63, 3.8) is 0 Å². The maximum absolute atomic E-state index is 13.7. The third kappa shape index (κ3) is 7.97. The number of carbonyl (C=O) groups is 2. The van der Waals surface area contributed by atoms with Crippen molar-refractivity contribution in [2.45, 2.75) is 32.4 Å². The van der Waals surface area contributed by atoms with Crippen LogP contribution in [0.1, 0.15) is 36.1 Å². The predicted octanol–water partition coefficient (Wildman–Crippen LogP) is 4.55. The van der Waals surface area contributed by atoms with Gasteiger partial charge in [0.1, 0.15) is 11.8 Å². The Morgan fingerprint density at radius 3 is 2.17 bits per heavy atom. The summed E-state index contributed by atoms with van der Waals surface area (Å²) in [5, 5.41) is 3.01. The number of nitrogens with one attached hydrogen (secondary N) is 1. The smallest absolute Gasteiger partial charge is 0.247 e. The molecule has 6 nitrogen and oxygen atoms in total. The molecule has 0 saturated heterocycles. The van der Waals surface area contributed by atoms with Crippen LogP contribution in [0.3, 0.4) is 0 Å². The summed E-state index contributed by atoms with van der Waals surface area (Å²) in [6.07, 6.45) is 0.912. The fourth-order valence-electron chi connectivity index (χ4n) is 3.86. The van der Waals surface area contributed by atoms with Gasteiger partial charge in [-0.2, -0.15) is 0 Å². The standard InChI is InChI=1S/C29H34N2O4/c1-3-35-20-10-19-30-29(33)28(25-13-8-5-9-14-25)31(22-24-15-17-26(34-2)18-16-24)27(32)21-23-11-6-4-7-12-23/h4-9,11-18,28H,3,10,19-22H2,1-2H3,(H,30,33). The Balaban J connectivity index is 1.90. The van der Waals surface area contributed by atoms with Crippen LogP contribution < -0.4 is 10.1 Å². The van der Waals surface area contributed by atoms with Crippen LogP contribution in [0.2, 0.25) is 0 Å². The minimum atomic E-state index is -0.762. The lowest BCUT2D eigenvalue weighted by atomic mass is 10.0. The Labute approximate surface area is 207 Å². The van der Waals surface area contributed by atoms with Crippen LogP contribution in [0.5, 0.6) is 5.75 Å². The van der Waals surface area contributed by atoms with Crippen LogP contribution >= 0.6 is 0 Å². The molecule has 6 heteroatoms. The minimum absolute atomic E-state index is 0.120. The van der Waals surface area contributed by atoms with E-state index in [1.807, 2.05) is 91.9 Å². The second-order valence-electron chi connectivity index (χ2n) is 8.19. The topological polar surface area (TPSA) is 67.9 Å². The number of hydrogen-bond donors (Lipinski definition) is 1. The SMILES string of the molecule is CCOCCCNC(=O)C(c1ccccc1)N(Cc1ccc(OC)cc1)C(=O)Cc1ccccc1.